The molecule has 4 aromatic rings. The zero-order valence-corrected chi connectivity index (χ0v) is 17.1. The van der Waals surface area contributed by atoms with Crippen LogP contribution >= 0.6 is 11.3 Å². The van der Waals surface area contributed by atoms with E-state index in [1.165, 1.54) is 12.8 Å². The average Bonchev–Trinajstić information content (AvgIpc) is 3.28. The molecule has 1 aliphatic carbocycles. The third kappa shape index (κ3) is 3.66. The van der Waals surface area contributed by atoms with E-state index in [0.29, 0.717) is 5.92 Å². The SMILES string of the molecule is COc1cccc(/C=C/c2nc3ccccc3n2-c2cccs2)c1OCC1CC1. The van der Waals surface area contributed by atoms with Crippen LogP contribution < -0.4 is 9.47 Å². The fourth-order valence-electron chi connectivity index (χ4n) is 3.41. The van der Waals surface area contributed by atoms with Gasteiger partial charge in [0.05, 0.1) is 24.8 Å². The molecule has 2 aromatic heterocycles. The molecule has 0 saturated heterocycles. The molecule has 1 saturated carbocycles. The van der Waals surface area contributed by atoms with Gasteiger partial charge in [0.15, 0.2) is 11.5 Å². The lowest BCUT2D eigenvalue weighted by molar-refractivity contribution is 0.280. The summed E-state index contributed by atoms with van der Waals surface area (Å²) < 4.78 is 13.9. The minimum atomic E-state index is 0.680. The molecule has 146 valence electrons. The van der Waals surface area contributed by atoms with Crippen molar-refractivity contribution in [2.75, 3.05) is 13.7 Å². The summed E-state index contributed by atoms with van der Waals surface area (Å²) >= 11 is 1.70. The van der Waals surface area contributed by atoms with Gasteiger partial charge in [0.1, 0.15) is 10.8 Å². The van der Waals surface area contributed by atoms with Crippen LogP contribution in [0.3, 0.4) is 0 Å². The Morgan fingerprint density at radius 3 is 2.76 bits per heavy atom. The number of aromatic nitrogens is 2. The lowest BCUT2D eigenvalue weighted by Gasteiger charge is -2.13. The maximum atomic E-state index is 6.13. The zero-order valence-electron chi connectivity index (χ0n) is 16.2. The summed E-state index contributed by atoms with van der Waals surface area (Å²) in [6, 6.07) is 18.4. The van der Waals surface area contributed by atoms with Gasteiger partial charge >= 0.3 is 0 Å². The van der Waals surface area contributed by atoms with Crippen LogP contribution in [0, 0.1) is 5.92 Å². The summed E-state index contributed by atoms with van der Waals surface area (Å²) in [6.45, 7) is 0.745. The van der Waals surface area contributed by atoms with Crippen molar-refractivity contribution >= 4 is 34.5 Å². The molecule has 2 aromatic carbocycles. The van der Waals surface area contributed by atoms with Crippen LogP contribution in [0.5, 0.6) is 11.5 Å². The van der Waals surface area contributed by atoms with Crippen LogP contribution in [0.25, 0.3) is 28.2 Å². The second kappa shape index (κ2) is 7.76. The van der Waals surface area contributed by atoms with Gasteiger partial charge in [-0.3, -0.25) is 4.57 Å². The first-order chi connectivity index (χ1) is 14.3. The predicted molar refractivity (Wildman–Crippen MR) is 119 cm³/mol. The summed E-state index contributed by atoms with van der Waals surface area (Å²) in [4.78, 5) is 4.85. The minimum absolute atomic E-state index is 0.680. The fourth-order valence-corrected chi connectivity index (χ4v) is 4.17. The van der Waals surface area contributed by atoms with E-state index < -0.39 is 0 Å². The van der Waals surface area contributed by atoms with Gasteiger partial charge in [-0.25, -0.2) is 4.98 Å². The molecule has 0 amide bonds. The second-order valence-electron chi connectivity index (χ2n) is 7.21. The lowest BCUT2D eigenvalue weighted by Crippen LogP contribution is -2.02. The van der Waals surface area contributed by atoms with Crippen molar-refractivity contribution in [3.63, 3.8) is 0 Å². The van der Waals surface area contributed by atoms with Gasteiger partial charge in [-0.05, 0) is 66.6 Å². The first kappa shape index (κ1) is 18.0. The van der Waals surface area contributed by atoms with Crippen molar-refractivity contribution in [2.24, 2.45) is 5.92 Å². The number of thiophene rings is 1. The minimum Gasteiger partial charge on any atom is -0.493 e. The number of hydrogen-bond donors (Lipinski definition) is 0. The molecule has 1 fully saturated rings. The molecule has 29 heavy (non-hydrogen) atoms. The molecule has 5 heteroatoms. The first-order valence-electron chi connectivity index (χ1n) is 9.83. The van der Waals surface area contributed by atoms with Crippen molar-refractivity contribution in [1.29, 1.82) is 0 Å². The third-order valence-electron chi connectivity index (χ3n) is 5.11. The van der Waals surface area contributed by atoms with E-state index in [1.54, 1.807) is 18.4 Å². The monoisotopic (exact) mass is 402 g/mol. The van der Waals surface area contributed by atoms with E-state index in [1.807, 2.05) is 30.3 Å². The van der Waals surface area contributed by atoms with Crippen LogP contribution in [0.15, 0.2) is 60.0 Å². The normalized spacial score (nSPS) is 14.0. The van der Waals surface area contributed by atoms with Crippen LogP contribution in [-0.2, 0) is 0 Å². The Labute approximate surface area is 174 Å². The molecule has 1 aliphatic rings. The van der Waals surface area contributed by atoms with Crippen molar-refractivity contribution in [1.82, 2.24) is 9.55 Å². The summed E-state index contributed by atoms with van der Waals surface area (Å²) in [5.41, 5.74) is 3.08. The second-order valence-corrected chi connectivity index (χ2v) is 8.14. The molecule has 2 heterocycles. The highest BCUT2D eigenvalue weighted by Crippen LogP contribution is 2.36. The van der Waals surface area contributed by atoms with E-state index >= 15 is 0 Å². The van der Waals surface area contributed by atoms with Gasteiger partial charge in [-0.1, -0.05) is 24.3 Å². The maximum absolute atomic E-state index is 6.13. The Balaban J connectivity index is 1.55. The van der Waals surface area contributed by atoms with Crippen molar-refractivity contribution in [2.45, 2.75) is 12.8 Å². The molecule has 5 rings (SSSR count). The largest absolute Gasteiger partial charge is 0.493 e. The van der Waals surface area contributed by atoms with Gasteiger partial charge in [-0.15, -0.1) is 11.3 Å². The highest BCUT2D eigenvalue weighted by atomic mass is 32.1. The standard InChI is InChI=1S/C24H22N2O2S/c1-27-21-9-4-6-18(24(21)28-16-17-11-12-17)13-14-22-25-19-7-2-3-8-20(19)26(22)23-10-5-15-29-23/h2-10,13-15,17H,11-12,16H2,1H3/b14-13+. The number of imidazole rings is 1. The van der Waals surface area contributed by atoms with Crippen LogP contribution in [0.1, 0.15) is 24.2 Å². The Hall–Kier alpha value is -3.05. The number of methoxy groups -OCH3 is 1. The number of benzene rings is 2. The Morgan fingerprint density at radius 1 is 1.07 bits per heavy atom. The molecule has 0 bridgehead atoms. The topological polar surface area (TPSA) is 36.3 Å². The Bertz CT molecular complexity index is 1160. The molecule has 0 radical (unpaired) electrons. The van der Waals surface area contributed by atoms with Crippen molar-refractivity contribution in [3.05, 3.63) is 71.4 Å². The number of ether oxygens (including phenoxy) is 2. The number of nitrogens with zero attached hydrogens (tertiary/aromatic N) is 2. The smallest absolute Gasteiger partial charge is 0.168 e. The molecule has 0 unspecified atom stereocenters. The summed E-state index contributed by atoms with van der Waals surface area (Å²) in [5, 5.41) is 3.23. The molecule has 0 N–H and O–H groups in total. The zero-order chi connectivity index (χ0) is 19.6. The van der Waals surface area contributed by atoms with Crippen LogP contribution in [-0.4, -0.2) is 23.3 Å². The quantitative estimate of drug-likeness (QED) is 0.377. The van der Waals surface area contributed by atoms with E-state index in [0.717, 1.165) is 45.5 Å². The van der Waals surface area contributed by atoms with Crippen LogP contribution in [0.4, 0.5) is 0 Å². The van der Waals surface area contributed by atoms with Gasteiger partial charge in [0, 0.05) is 5.56 Å². The predicted octanol–water partition coefficient (Wildman–Crippen LogP) is 6.05. The molecule has 0 aliphatic heterocycles. The van der Waals surface area contributed by atoms with Crippen molar-refractivity contribution in [3.8, 4) is 16.5 Å². The van der Waals surface area contributed by atoms with Gasteiger partial charge in [0.25, 0.3) is 0 Å². The molecule has 0 spiro atoms. The van der Waals surface area contributed by atoms with Gasteiger partial charge < -0.3 is 9.47 Å². The molecular weight excluding hydrogens is 380 g/mol. The van der Waals surface area contributed by atoms with Crippen LogP contribution in [0.2, 0.25) is 0 Å². The summed E-state index contributed by atoms with van der Waals surface area (Å²) in [5.74, 6) is 3.14. The summed E-state index contributed by atoms with van der Waals surface area (Å²) in [7, 11) is 1.68. The molecular formula is C24H22N2O2S. The molecule has 4 nitrogen and oxygen atoms in total. The number of para-hydroxylation sites is 3. The summed E-state index contributed by atoms with van der Waals surface area (Å²) in [6.07, 6.45) is 6.63. The maximum Gasteiger partial charge on any atom is 0.168 e. The van der Waals surface area contributed by atoms with Gasteiger partial charge in [-0.2, -0.15) is 0 Å². The van der Waals surface area contributed by atoms with E-state index in [-0.39, 0.29) is 0 Å². The fraction of sp³-hybridized carbons (Fsp3) is 0.208. The number of fused-ring (bicyclic) bond motifs is 1. The Morgan fingerprint density at radius 2 is 1.97 bits per heavy atom. The highest BCUT2D eigenvalue weighted by Gasteiger charge is 2.23. The Kier molecular flexibility index (Phi) is 4.82. The van der Waals surface area contributed by atoms with E-state index in [2.05, 4.69) is 46.4 Å². The van der Waals surface area contributed by atoms with Gasteiger partial charge in [0.2, 0.25) is 0 Å². The first-order valence-corrected chi connectivity index (χ1v) is 10.7. The number of rotatable bonds is 7. The average molecular weight is 403 g/mol. The number of hydrogen-bond acceptors (Lipinski definition) is 4. The highest BCUT2D eigenvalue weighted by molar-refractivity contribution is 7.12. The lowest BCUT2D eigenvalue weighted by atomic mass is 10.1. The molecule has 0 atom stereocenters. The van der Waals surface area contributed by atoms with Crippen molar-refractivity contribution < 1.29 is 9.47 Å². The van der Waals surface area contributed by atoms with E-state index in [9.17, 15) is 0 Å². The third-order valence-corrected chi connectivity index (χ3v) is 5.97. The van der Waals surface area contributed by atoms with E-state index in [4.69, 9.17) is 14.5 Å².